The number of aliphatic hydroxyl groups is 1. The molecule has 1 aliphatic rings. The fraction of sp³-hybridized carbons (Fsp3) is 0.167. The molecule has 0 saturated carbocycles. The van der Waals surface area contributed by atoms with E-state index in [-0.39, 0.29) is 18.6 Å². The molecule has 0 spiro atoms. The number of H-pyrrole nitrogens is 1. The molecule has 3 N–H and O–H groups in total. The zero-order valence-electron chi connectivity index (χ0n) is 12.2. The lowest BCUT2D eigenvalue weighted by molar-refractivity contribution is 0.0960. The van der Waals surface area contributed by atoms with Gasteiger partial charge in [0.1, 0.15) is 0 Å². The smallest absolute Gasteiger partial charge is 0.252 e. The van der Waals surface area contributed by atoms with Gasteiger partial charge in [0.05, 0.1) is 12.6 Å². The summed E-state index contributed by atoms with van der Waals surface area (Å²) in [7, 11) is 0. The van der Waals surface area contributed by atoms with Gasteiger partial charge in [-0.15, -0.1) is 0 Å². The van der Waals surface area contributed by atoms with Gasteiger partial charge in [-0.25, -0.2) is 0 Å². The van der Waals surface area contributed by atoms with E-state index >= 15 is 0 Å². The first-order valence-corrected chi connectivity index (χ1v) is 7.31. The van der Waals surface area contributed by atoms with Gasteiger partial charge in [0.25, 0.3) is 5.91 Å². The third-order valence-corrected chi connectivity index (χ3v) is 4.31. The van der Waals surface area contributed by atoms with Gasteiger partial charge in [-0.1, -0.05) is 29.8 Å². The van der Waals surface area contributed by atoms with Gasteiger partial charge in [0, 0.05) is 27.7 Å². The molecule has 0 saturated heterocycles. The van der Waals surface area contributed by atoms with Crippen LogP contribution in [0.25, 0.3) is 10.9 Å². The molecule has 0 fully saturated rings. The molecule has 110 valence electrons. The summed E-state index contributed by atoms with van der Waals surface area (Å²) in [6, 6.07) is 13.5. The molecular weight excluding hydrogens is 276 g/mol. The normalized spacial score (nSPS) is 16.8. The number of carbonyl (C=O) groups excluding carboxylic acids is 1. The molecule has 4 rings (SSSR count). The van der Waals surface area contributed by atoms with Crippen molar-refractivity contribution in [2.45, 2.75) is 19.6 Å². The van der Waals surface area contributed by atoms with Gasteiger partial charge in [-0.05, 0) is 30.7 Å². The second-order valence-corrected chi connectivity index (χ2v) is 5.72. The molecule has 1 unspecified atom stereocenters. The van der Waals surface area contributed by atoms with Crippen LogP contribution in [0.4, 0.5) is 0 Å². The van der Waals surface area contributed by atoms with E-state index in [9.17, 15) is 9.90 Å². The van der Waals surface area contributed by atoms with Crippen LogP contribution in [0.3, 0.4) is 0 Å². The molecule has 0 radical (unpaired) electrons. The monoisotopic (exact) mass is 292 g/mol. The van der Waals surface area contributed by atoms with E-state index in [0.29, 0.717) is 5.56 Å². The average Bonchev–Trinajstić information content (AvgIpc) is 3.05. The van der Waals surface area contributed by atoms with Crippen LogP contribution in [0.1, 0.15) is 38.8 Å². The lowest BCUT2D eigenvalue weighted by Gasteiger charge is -2.13. The molecule has 1 atom stereocenters. The highest BCUT2D eigenvalue weighted by molar-refractivity contribution is 6.01. The molecule has 0 bridgehead atoms. The third kappa shape index (κ3) is 1.77. The number of nitrogens with one attached hydrogen (secondary N) is 2. The largest absolute Gasteiger partial charge is 0.390 e. The number of aryl methyl sites for hydroxylation is 1. The van der Waals surface area contributed by atoms with Crippen LogP contribution in [0, 0.1) is 6.92 Å². The summed E-state index contributed by atoms with van der Waals surface area (Å²) in [6.45, 7) is 1.95. The summed E-state index contributed by atoms with van der Waals surface area (Å²) < 4.78 is 0. The maximum Gasteiger partial charge on any atom is 0.252 e. The van der Waals surface area contributed by atoms with Crippen molar-refractivity contribution in [1.82, 2.24) is 10.3 Å². The molecule has 1 aliphatic heterocycles. The molecule has 4 nitrogen and oxygen atoms in total. The Kier molecular flexibility index (Phi) is 2.81. The number of aromatic nitrogens is 1. The van der Waals surface area contributed by atoms with E-state index in [0.717, 1.165) is 33.3 Å². The van der Waals surface area contributed by atoms with E-state index in [1.54, 1.807) is 0 Å². The first kappa shape index (κ1) is 13.1. The van der Waals surface area contributed by atoms with Crippen LogP contribution in [0.15, 0.2) is 42.5 Å². The highest BCUT2D eigenvalue weighted by Crippen LogP contribution is 2.37. The zero-order valence-corrected chi connectivity index (χ0v) is 12.2. The fourth-order valence-electron chi connectivity index (χ4n) is 3.31. The first-order chi connectivity index (χ1) is 10.7. The number of aromatic amines is 1. The van der Waals surface area contributed by atoms with Crippen molar-refractivity contribution in [2.24, 2.45) is 0 Å². The summed E-state index contributed by atoms with van der Waals surface area (Å²) in [5.74, 6) is -0.0634. The fourth-order valence-corrected chi connectivity index (χ4v) is 3.31. The summed E-state index contributed by atoms with van der Waals surface area (Å²) in [5.41, 5.74) is 5.50. The number of aliphatic hydroxyl groups excluding tert-OH is 1. The summed E-state index contributed by atoms with van der Waals surface area (Å²) >= 11 is 0. The molecule has 1 aromatic heterocycles. The number of hydrogen-bond acceptors (Lipinski definition) is 2. The summed E-state index contributed by atoms with van der Waals surface area (Å²) in [6.07, 6.45) is 0. The molecular formula is C18H16N2O2. The SMILES string of the molecule is Cc1ccc2[nH]c(CO)c(C3NC(=O)c4ccccc43)c2c1. The lowest BCUT2D eigenvalue weighted by Crippen LogP contribution is -2.20. The number of amides is 1. The Morgan fingerprint density at radius 1 is 1.18 bits per heavy atom. The highest BCUT2D eigenvalue weighted by atomic mass is 16.3. The van der Waals surface area contributed by atoms with Gasteiger partial charge in [-0.2, -0.15) is 0 Å². The molecule has 2 heterocycles. The van der Waals surface area contributed by atoms with Gasteiger partial charge >= 0.3 is 0 Å². The number of fused-ring (bicyclic) bond motifs is 2. The van der Waals surface area contributed by atoms with E-state index in [1.807, 2.05) is 43.3 Å². The predicted octanol–water partition coefficient (Wildman–Crippen LogP) is 2.80. The van der Waals surface area contributed by atoms with Crippen LogP contribution in [-0.2, 0) is 6.61 Å². The summed E-state index contributed by atoms with van der Waals surface area (Å²) in [4.78, 5) is 15.5. The molecule has 1 amide bonds. The minimum Gasteiger partial charge on any atom is -0.390 e. The van der Waals surface area contributed by atoms with Gasteiger partial charge in [0.15, 0.2) is 0 Å². The maximum absolute atomic E-state index is 12.2. The Balaban J connectivity index is 1.99. The van der Waals surface area contributed by atoms with Crippen LogP contribution >= 0.6 is 0 Å². The van der Waals surface area contributed by atoms with Crippen LogP contribution < -0.4 is 5.32 Å². The van der Waals surface area contributed by atoms with E-state index in [4.69, 9.17) is 0 Å². The number of rotatable bonds is 2. The van der Waals surface area contributed by atoms with E-state index in [2.05, 4.69) is 16.4 Å². The standard InChI is InChI=1S/C18H16N2O2/c1-10-6-7-14-13(8-10)16(15(9-21)19-14)17-11-4-2-3-5-12(11)18(22)20-17/h2-8,17,19,21H,9H2,1H3,(H,20,22). The summed E-state index contributed by atoms with van der Waals surface area (Å²) in [5, 5.41) is 13.8. The van der Waals surface area contributed by atoms with Crippen molar-refractivity contribution in [3.8, 4) is 0 Å². The van der Waals surface area contributed by atoms with Crippen LogP contribution in [0.5, 0.6) is 0 Å². The Morgan fingerprint density at radius 3 is 2.82 bits per heavy atom. The zero-order chi connectivity index (χ0) is 15.3. The highest BCUT2D eigenvalue weighted by Gasteiger charge is 2.32. The first-order valence-electron chi connectivity index (χ1n) is 7.31. The van der Waals surface area contributed by atoms with Crippen LogP contribution in [-0.4, -0.2) is 16.0 Å². The average molecular weight is 292 g/mol. The van der Waals surface area contributed by atoms with Gasteiger partial charge < -0.3 is 15.4 Å². The lowest BCUT2D eigenvalue weighted by atomic mass is 9.95. The quantitative estimate of drug-likeness (QED) is 0.680. The van der Waals surface area contributed by atoms with Gasteiger partial charge in [-0.3, -0.25) is 4.79 Å². The Bertz CT molecular complexity index is 895. The molecule has 22 heavy (non-hydrogen) atoms. The van der Waals surface area contributed by atoms with Crippen molar-refractivity contribution >= 4 is 16.8 Å². The molecule has 3 aromatic rings. The van der Waals surface area contributed by atoms with E-state index < -0.39 is 0 Å². The second-order valence-electron chi connectivity index (χ2n) is 5.72. The Morgan fingerprint density at radius 2 is 2.00 bits per heavy atom. The Hall–Kier alpha value is -2.59. The van der Waals surface area contributed by atoms with E-state index in [1.165, 1.54) is 0 Å². The van der Waals surface area contributed by atoms with Crippen molar-refractivity contribution in [3.05, 3.63) is 70.4 Å². The predicted molar refractivity (Wildman–Crippen MR) is 84.7 cm³/mol. The minimum absolute atomic E-state index is 0.0634. The second kappa shape index (κ2) is 4.71. The van der Waals surface area contributed by atoms with Gasteiger partial charge in [0.2, 0.25) is 0 Å². The topological polar surface area (TPSA) is 65.1 Å². The third-order valence-electron chi connectivity index (χ3n) is 4.31. The molecule has 4 heteroatoms. The van der Waals surface area contributed by atoms with Crippen molar-refractivity contribution in [2.75, 3.05) is 0 Å². The Labute approximate surface area is 127 Å². The molecule has 0 aliphatic carbocycles. The van der Waals surface area contributed by atoms with Crippen molar-refractivity contribution in [1.29, 1.82) is 0 Å². The van der Waals surface area contributed by atoms with Crippen molar-refractivity contribution in [3.63, 3.8) is 0 Å². The number of benzene rings is 2. The van der Waals surface area contributed by atoms with Crippen LogP contribution in [0.2, 0.25) is 0 Å². The van der Waals surface area contributed by atoms with Crippen molar-refractivity contribution < 1.29 is 9.90 Å². The number of hydrogen-bond donors (Lipinski definition) is 3. The number of carbonyl (C=O) groups is 1. The molecule has 2 aromatic carbocycles. The maximum atomic E-state index is 12.2. The minimum atomic E-state index is -0.221.